The van der Waals surface area contributed by atoms with Crippen molar-refractivity contribution in [3.8, 4) is 11.6 Å². The predicted molar refractivity (Wildman–Crippen MR) is 205 cm³/mol. The molecule has 2 amide bonds. The number of allylic oxidation sites excluding steroid dienone is 2. The van der Waals surface area contributed by atoms with Crippen LogP contribution in [0.5, 0.6) is 11.6 Å². The van der Waals surface area contributed by atoms with Crippen molar-refractivity contribution < 1.29 is 59.7 Å². The van der Waals surface area contributed by atoms with E-state index in [1.54, 1.807) is 32.9 Å². The Hall–Kier alpha value is -4.25. The van der Waals surface area contributed by atoms with E-state index in [2.05, 4.69) is 9.71 Å². The summed E-state index contributed by atoms with van der Waals surface area (Å²) in [6.07, 6.45) is -1.17. The molecule has 2 aromatic rings. The van der Waals surface area contributed by atoms with Crippen LogP contribution in [0.1, 0.15) is 92.4 Å². The average molecular weight is 836 g/mol. The summed E-state index contributed by atoms with van der Waals surface area (Å²) in [5.41, 5.74) is -4.26. The molecule has 2 saturated carbocycles. The first-order valence-corrected chi connectivity index (χ1v) is 21.2. The lowest BCUT2D eigenvalue weighted by Crippen LogP contribution is -2.50. The summed E-state index contributed by atoms with van der Waals surface area (Å²) in [7, 11) is -2.54. The van der Waals surface area contributed by atoms with Gasteiger partial charge >= 0.3 is 12.1 Å². The van der Waals surface area contributed by atoms with E-state index in [4.69, 9.17) is 18.9 Å². The fraction of sp³-hybridized carbons (Fsp3) is 0.634. The number of methoxy groups -OCH3 is 1. The summed E-state index contributed by atoms with van der Waals surface area (Å²) < 4.78 is 92.1. The third-order valence-electron chi connectivity index (χ3n) is 12.2. The first-order valence-electron chi connectivity index (χ1n) is 19.7. The molecular formula is C41H52F3N3O10S. The van der Waals surface area contributed by atoms with Crippen molar-refractivity contribution >= 4 is 44.4 Å². The Morgan fingerprint density at radius 2 is 1.81 bits per heavy atom. The molecule has 0 bridgehead atoms. The number of hydrogen-bond acceptors (Lipinski definition) is 11. The van der Waals surface area contributed by atoms with E-state index in [-0.39, 0.29) is 31.7 Å². The van der Waals surface area contributed by atoms with Crippen molar-refractivity contribution in [3.05, 3.63) is 42.6 Å². The molecule has 318 valence electrons. The molecule has 0 radical (unpaired) electrons. The van der Waals surface area contributed by atoms with Gasteiger partial charge in [0.1, 0.15) is 11.9 Å². The molecule has 13 nitrogen and oxygen atoms in total. The molecule has 1 aromatic heterocycles. The van der Waals surface area contributed by atoms with Crippen molar-refractivity contribution in [1.82, 2.24) is 14.6 Å². The summed E-state index contributed by atoms with van der Waals surface area (Å²) in [5, 5.41) is 1.29. The SMILES string of the molecule is CC[C@@H]1O[C@H](C)CC/C=C\[C@@H]2C[C@@]2(C(=O)NS(=O)(=O)C2(C)CC2)CC(=O)[C@@H]2C[C@@H](Oc3ncc(OC)c4ccccc34)CN2C(=O)[C@H]1CC(=O)OC(C)(C)C(F)(F)F. The second-order valence-corrected chi connectivity index (χ2v) is 19.0. The molecule has 17 heteroatoms. The normalized spacial score (nSPS) is 29.6. The quantitative estimate of drug-likeness (QED) is 0.221. The second kappa shape index (κ2) is 16.1. The topological polar surface area (TPSA) is 167 Å². The number of aromatic nitrogens is 1. The zero-order chi connectivity index (χ0) is 42.4. The standard InChI is InChI=1S/C41H52F3N3O10S/c1-7-32-29(19-34(49)57-38(3,4)41(42,43)44)36(50)47-23-26(56-35-28-15-11-10-14-27(28)33(54-6)22-45-35)18-30(47)31(48)21-40(20-25(40)13-9-8-12-24(2)55-32)37(51)46-58(52,53)39(5)16-17-39/h9-11,13-15,22,24-26,29-30,32H,7-8,12,16-21,23H2,1-6H3,(H,46,51)/b13-9-/t24-,25-,26-,29+,30+,32+,40-/m1/s1. The average Bonchev–Trinajstić information content (AvgIpc) is 4.04. The van der Waals surface area contributed by atoms with Crippen LogP contribution in [0.4, 0.5) is 13.2 Å². The molecule has 3 heterocycles. The summed E-state index contributed by atoms with van der Waals surface area (Å²) in [6, 6.07) is 5.97. The summed E-state index contributed by atoms with van der Waals surface area (Å²) >= 11 is 0. The van der Waals surface area contributed by atoms with E-state index in [1.807, 2.05) is 24.3 Å². The van der Waals surface area contributed by atoms with E-state index in [0.717, 1.165) is 0 Å². The molecule has 3 fully saturated rings. The maximum absolute atomic E-state index is 14.9. The lowest BCUT2D eigenvalue weighted by molar-refractivity contribution is -0.258. The molecule has 4 aliphatic rings. The minimum absolute atomic E-state index is 0.0620. The number of nitrogens with zero attached hydrogens (tertiary/aromatic N) is 2. The number of hydrogen-bond donors (Lipinski definition) is 1. The Bertz CT molecular complexity index is 2070. The lowest BCUT2D eigenvalue weighted by atomic mass is 9.90. The van der Waals surface area contributed by atoms with Gasteiger partial charge in [0.25, 0.3) is 0 Å². The number of ether oxygens (including phenoxy) is 4. The monoisotopic (exact) mass is 835 g/mol. The number of benzene rings is 1. The van der Waals surface area contributed by atoms with Crippen LogP contribution in [0.15, 0.2) is 42.6 Å². The van der Waals surface area contributed by atoms with Gasteiger partial charge in [-0.1, -0.05) is 37.3 Å². The number of pyridine rings is 1. The summed E-state index contributed by atoms with van der Waals surface area (Å²) in [6.45, 7) is 6.30. The minimum Gasteiger partial charge on any atom is -0.494 e. The zero-order valence-corrected chi connectivity index (χ0v) is 34.4. The molecule has 1 N–H and O–H groups in total. The number of rotatable bonds is 10. The van der Waals surface area contributed by atoms with Crippen LogP contribution < -0.4 is 14.2 Å². The van der Waals surface area contributed by atoms with Crippen LogP contribution in [0, 0.1) is 17.3 Å². The molecule has 0 unspecified atom stereocenters. The maximum atomic E-state index is 14.9. The van der Waals surface area contributed by atoms with Gasteiger partial charge in [0.2, 0.25) is 33.3 Å². The summed E-state index contributed by atoms with van der Waals surface area (Å²) in [5.74, 6) is -4.48. The van der Waals surface area contributed by atoms with Gasteiger partial charge in [-0.3, -0.25) is 23.9 Å². The van der Waals surface area contributed by atoms with Crippen molar-refractivity contribution in [2.45, 2.75) is 133 Å². The zero-order valence-electron chi connectivity index (χ0n) is 33.6. The number of alkyl halides is 3. The van der Waals surface area contributed by atoms with Gasteiger partial charge in [-0.15, -0.1) is 0 Å². The third kappa shape index (κ3) is 8.70. The van der Waals surface area contributed by atoms with Gasteiger partial charge in [-0.05, 0) is 78.2 Å². The number of ketones is 1. The van der Waals surface area contributed by atoms with Gasteiger partial charge in [-0.2, -0.15) is 13.2 Å². The molecular weight excluding hydrogens is 784 g/mol. The fourth-order valence-corrected chi connectivity index (χ4v) is 9.26. The van der Waals surface area contributed by atoms with Crippen LogP contribution in [-0.2, 0) is 38.7 Å². The predicted octanol–water partition coefficient (Wildman–Crippen LogP) is 5.98. The molecule has 1 saturated heterocycles. The first-order chi connectivity index (χ1) is 27.1. The molecule has 6 rings (SSSR count). The largest absolute Gasteiger partial charge is 0.494 e. The van der Waals surface area contributed by atoms with Crippen molar-refractivity contribution in [2.24, 2.45) is 17.3 Å². The van der Waals surface area contributed by atoms with Crippen LogP contribution in [-0.4, -0.2) is 96.4 Å². The number of halogens is 3. The van der Waals surface area contributed by atoms with E-state index >= 15 is 0 Å². The van der Waals surface area contributed by atoms with Crippen LogP contribution in [0.3, 0.4) is 0 Å². The smallest absolute Gasteiger partial charge is 0.427 e. The van der Waals surface area contributed by atoms with Gasteiger partial charge < -0.3 is 23.8 Å². The first kappa shape index (κ1) is 43.3. The maximum Gasteiger partial charge on any atom is 0.427 e. The second-order valence-electron chi connectivity index (χ2n) is 16.8. The van der Waals surface area contributed by atoms with Crippen molar-refractivity contribution in [2.75, 3.05) is 13.7 Å². The number of esters is 1. The third-order valence-corrected chi connectivity index (χ3v) is 14.3. The van der Waals surface area contributed by atoms with Gasteiger partial charge in [0.15, 0.2) is 5.78 Å². The van der Waals surface area contributed by atoms with Gasteiger partial charge in [0, 0.05) is 23.6 Å². The molecule has 0 spiro atoms. The number of nitrogens with one attached hydrogen (secondary N) is 1. The highest BCUT2D eigenvalue weighted by atomic mass is 32.2. The van der Waals surface area contributed by atoms with E-state index in [1.165, 1.54) is 18.2 Å². The van der Waals surface area contributed by atoms with Gasteiger partial charge in [0.05, 0.1) is 60.6 Å². The number of carbonyl (C=O) groups excluding carboxylic acids is 4. The Morgan fingerprint density at radius 1 is 1.12 bits per heavy atom. The van der Waals surface area contributed by atoms with Crippen molar-refractivity contribution in [3.63, 3.8) is 0 Å². The Balaban J connectivity index is 1.37. The molecule has 2 aliphatic heterocycles. The highest BCUT2D eigenvalue weighted by Gasteiger charge is 2.63. The molecule has 7 atom stereocenters. The van der Waals surface area contributed by atoms with E-state index in [9.17, 15) is 40.8 Å². The van der Waals surface area contributed by atoms with Crippen molar-refractivity contribution in [1.29, 1.82) is 0 Å². The Labute approximate surface area is 336 Å². The van der Waals surface area contributed by atoms with Crippen LogP contribution >= 0.6 is 0 Å². The van der Waals surface area contributed by atoms with Crippen LogP contribution in [0.25, 0.3) is 10.8 Å². The van der Waals surface area contributed by atoms with E-state index < -0.39 is 105 Å². The fourth-order valence-electron chi connectivity index (χ4n) is 7.93. The van der Waals surface area contributed by atoms with Crippen LogP contribution in [0.2, 0.25) is 0 Å². The molecule has 2 aliphatic carbocycles. The molecule has 58 heavy (non-hydrogen) atoms. The summed E-state index contributed by atoms with van der Waals surface area (Å²) in [4.78, 5) is 62.5. The number of sulfonamides is 1. The number of carbonyl (C=O) groups is 4. The molecule has 1 aromatic carbocycles. The number of amides is 2. The number of fused-ring (bicyclic) bond motifs is 3. The van der Waals surface area contributed by atoms with Gasteiger partial charge in [-0.25, -0.2) is 13.4 Å². The Morgan fingerprint density at radius 3 is 2.45 bits per heavy atom. The number of Topliss-reactive ketones (excluding diaryl/α,β-unsaturated/α-hetero) is 1. The van der Waals surface area contributed by atoms with E-state index in [0.29, 0.717) is 56.1 Å². The minimum atomic E-state index is -4.90. The highest BCUT2D eigenvalue weighted by Crippen LogP contribution is 2.57. The lowest BCUT2D eigenvalue weighted by Gasteiger charge is -2.34. The Kier molecular flexibility index (Phi) is 12.0. The highest BCUT2D eigenvalue weighted by molar-refractivity contribution is 7.91.